The van der Waals surface area contributed by atoms with Crippen LogP contribution in [0, 0.1) is 11.8 Å². The van der Waals surface area contributed by atoms with E-state index in [1.54, 1.807) is 0 Å². The van der Waals surface area contributed by atoms with E-state index in [-0.39, 0.29) is 20.6 Å². The van der Waals surface area contributed by atoms with Crippen molar-refractivity contribution in [2.45, 2.75) is 16.1 Å². The predicted octanol–water partition coefficient (Wildman–Crippen LogP) is 1.46. The van der Waals surface area contributed by atoms with Gasteiger partial charge in [0, 0.05) is 17.9 Å². The summed E-state index contributed by atoms with van der Waals surface area (Å²) in [6.45, 7) is 1.26. The van der Waals surface area contributed by atoms with Gasteiger partial charge in [0.1, 0.15) is 0 Å². The van der Waals surface area contributed by atoms with Gasteiger partial charge in [-0.1, -0.05) is 22.9 Å². The molecule has 1 N–H and O–H groups in total. The third kappa shape index (κ3) is 2.17. The van der Waals surface area contributed by atoms with Gasteiger partial charge in [0.2, 0.25) is 0 Å². The maximum absolute atomic E-state index is 12.2. The van der Waals surface area contributed by atoms with Crippen LogP contribution >= 0.6 is 34.5 Å². The fourth-order valence-corrected chi connectivity index (χ4v) is 5.68. The summed E-state index contributed by atoms with van der Waals surface area (Å²) in [6, 6.07) is -0.0206. The summed E-state index contributed by atoms with van der Waals surface area (Å²) in [4.78, 5) is 3.90. The van der Waals surface area contributed by atoms with Crippen LogP contribution in [0.15, 0.2) is 4.21 Å². The third-order valence-electron chi connectivity index (χ3n) is 3.25. The zero-order chi connectivity index (χ0) is 12.9. The van der Waals surface area contributed by atoms with Crippen LogP contribution < -0.4 is 4.72 Å². The molecule has 2 heterocycles. The minimum atomic E-state index is -3.58. The van der Waals surface area contributed by atoms with E-state index < -0.39 is 10.0 Å². The Kier molecular flexibility index (Phi) is 3.32. The number of sulfonamides is 1. The van der Waals surface area contributed by atoms with Gasteiger partial charge in [-0.3, -0.25) is 0 Å². The van der Waals surface area contributed by atoms with Crippen LogP contribution in [0.2, 0.25) is 4.47 Å². The lowest BCUT2D eigenvalue weighted by Gasteiger charge is -2.07. The molecule has 1 aliphatic heterocycles. The summed E-state index contributed by atoms with van der Waals surface area (Å²) < 4.78 is 32.6. The van der Waals surface area contributed by atoms with Crippen molar-refractivity contribution in [2.24, 2.45) is 11.8 Å². The molecule has 2 aliphatic rings. The number of hydrogen-bond donors (Lipinski definition) is 1. The molecule has 9 heteroatoms. The number of rotatable bonds is 4. The molecule has 1 aromatic heterocycles. The first-order chi connectivity index (χ1) is 8.53. The molecule has 0 radical (unpaired) electrons. The highest BCUT2D eigenvalue weighted by Crippen LogP contribution is 2.45. The Balaban J connectivity index is 1.81. The fraction of sp³-hybridized carbons (Fsp3) is 0.667. The average molecular weight is 329 g/mol. The van der Waals surface area contributed by atoms with Crippen molar-refractivity contribution in [1.82, 2.24) is 9.71 Å². The molecular weight excluding hydrogens is 319 g/mol. The summed E-state index contributed by atoms with van der Waals surface area (Å²) in [5.74, 6) is 0.644. The van der Waals surface area contributed by atoms with Crippen molar-refractivity contribution in [3.8, 4) is 0 Å². The second-order valence-corrected chi connectivity index (χ2v) is 8.10. The zero-order valence-corrected chi connectivity index (χ0v) is 12.2. The highest BCUT2D eigenvalue weighted by atomic mass is 35.5. The number of ether oxygens (including phenoxy) is 1. The van der Waals surface area contributed by atoms with Gasteiger partial charge in [0.05, 0.1) is 24.8 Å². The Labute approximate surface area is 119 Å². The Bertz CT molecular complexity index is 564. The lowest BCUT2D eigenvalue weighted by Crippen LogP contribution is -2.30. The summed E-state index contributed by atoms with van der Waals surface area (Å²) in [7, 11) is -3.58. The first-order valence-corrected chi connectivity index (χ1v) is 8.55. The van der Waals surface area contributed by atoms with Crippen LogP contribution in [0.3, 0.4) is 0 Å². The molecule has 0 bridgehead atoms. The van der Waals surface area contributed by atoms with Gasteiger partial charge in [0.25, 0.3) is 10.0 Å². The first-order valence-electron chi connectivity index (χ1n) is 5.34. The summed E-state index contributed by atoms with van der Waals surface area (Å²) in [5.41, 5.74) is 0.307. The van der Waals surface area contributed by atoms with Crippen molar-refractivity contribution in [3.63, 3.8) is 0 Å². The van der Waals surface area contributed by atoms with Gasteiger partial charge in [-0.2, -0.15) is 0 Å². The maximum atomic E-state index is 12.2. The van der Waals surface area contributed by atoms with Gasteiger partial charge < -0.3 is 4.74 Å². The molecule has 3 atom stereocenters. The smallest absolute Gasteiger partial charge is 0.252 e. The van der Waals surface area contributed by atoms with Gasteiger partial charge in [-0.15, -0.1) is 11.6 Å². The molecule has 2 fully saturated rings. The Hall–Kier alpha value is 0.0800. The Morgan fingerprint density at radius 3 is 2.72 bits per heavy atom. The maximum Gasteiger partial charge on any atom is 0.252 e. The number of alkyl halides is 1. The molecular formula is C9H10Cl2N2O3S2. The fourth-order valence-electron chi connectivity index (χ4n) is 2.25. The van der Waals surface area contributed by atoms with Crippen molar-refractivity contribution in [3.05, 3.63) is 10.2 Å². The van der Waals surface area contributed by atoms with Gasteiger partial charge in [-0.05, 0) is 0 Å². The Morgan fingerprint density at radius 1 is 1.44 bits per heavy atom. The predicted molar refractivity (Wildman–Crippen MR) is 68.6 cm³/mol. The number of nitrogens with one attached hydrogen (secondary N) is 1. The van der Waals surface area contributed by atoms with Crippen molar-refractivity contribution < 1.29 is 13.2 Å². The monoisotopic (exact) mass is 328 g/mol. The minimum absolute atomic E-state index is 0.0206. The second-order valence-electron chi connectivity index (χ2n) is 4.35. The number of halogens is 2. The van der Waals surface area contributed by atoms with Gasteiger partial charge >= 0.3 is 0 Å². The van der Waals surface area contributed by atoms with E-state index in [9.17, 15) is 8.42 Å². The minimum Gasteiger partial charge on any atom is -0.381 e. The molecule has 3 rings (SSSR count). The molecule has 1 aromatic rings. The lowest BCUT2D eigenvalue weighted by atomic mass is 10.4. The molecule has 1 aliphatic carbocycles. The quantitative estimate of drug-likeness (QED) is 0.849. The van der Waals surface area contributed by atoms with Gasteiger partial charge in [-0.25, -0.2) is 18.1 Å². The van der Waals surface area contributed by atoms with E-state index in [0.717, 1.165) is 11.3 Å². The standard InChI is InChI=1S/C9H10Cl2N2O3S2/c10-1-6-8(17-9(11)12-6)18(14,15)13-7-4-2-16-3-5(4)7/h4-5,7,13H,1-3H2/t4-,5+,7?. The van der Waals surface area contributed by atoms with Crippen LogP contribution in [0.5, 0.6) is 0 Å². The van der Waals surface area contributed by atoms with Crippen LogP contribution in [0.1, 0.15) is 5.69 Å². The van der Waals surface area contributed by atoms with E-state index in [1.165, 1.54) is 0 Å². The SMILES string of the molecule is O=S(=O)(NC1[C@H]2COC[C@@H]12)c1sc(Cl)nc1CCl. The van der Waals surface area contributed by atoms with Gasteiger partial charge in [0.15, 0.2) is 8.68 Å². The zero-order valence-electron chi connectivity index (χ0n) is 9.10. The highest BCUT2D eigenvalue weighted by Gasteiger charge is 2.55. The second kappa shape index (κ2) is 4.57. The molecule has 0 aromatic carbocycles. The molecule has 5 nitrogen and oxygen atoms in total. The van der Waals surface area contributed by atoms with Crippen LogP contribution in [0.4, 0.5) is 0 Å². The molecule has 0 spiro atoms. The molecule has 1 unspecified atom stereocenters. The van der Waals surface area contributed by atoms with Crippen LogP contribution in [0.25, 0.3) is 0 Å². The molecule has 100 valence electrons. The molecule has 18 heavy (non-hydrogen) atoms. The topological polar surface area (TPSA) is 68.3 Å². The van der Waals surface area contributed by atoms with E-state index >= 15 is 0 Å². The Morgan fingerprint density at radius 2 is 2.11 bits per heavy atom. The van der Waals surface area contributed by atoms with Crippen molar-refractivity contribution in [2.75, 3.05) is 13.2 Å². The number of nitrogens with zero attached hydrogens (tertiary/aromatic N) is 1. The molecule has 1 saturated carbocycles. The first kappa shape index (κ1) is 13.1. The third-order valence-corrected chi connectivity index (χ3v) is 6.71. The van der Waals surface area contributed by atoms with E-state index in [1.807, 2.05) is 0 Å². The average Bonchev–Trinajstić information content (AvgIpc) is 2.75. The number of thiazole rings is 1. The van der Waals surface area contributed by atoms with E-state index in [0.29, 0.717) is 30.7 Å². The van der Waals surface area contributed by atoms with Crippen LogP contribution in [-0.4, -0.2) is 32.7 Å². The summed E-state index contributed by atoms with van der Waals surface area (Å²) in [5, 5.41) is 0. The number of fused-ring (bicyclic) bond motifs is 1. The number of hydrogen-bond acceptors (Lipinski definition) is 5. The van der Waals surface area contributed by atoms with E-state index in [2.05, 4.69) is 9.71 Å². The highest BCUT2D eigenvalue weighted by molar-refractivity contribution is 7.91. The number of aromatic nitrogens is 1. The summed E-state index contributed by atoms with van der Waals surface area (Å²) >= 11 is 12.3. The van der Waals surface area contributed by atoms with Crippen LogP contribution in [-0.2, 0) is 20.6 Å². The largest absolute Gasteiger partial charge is 0.381 e. The van der Waals surface area contributed by atoms with E-state index in [4.69, 9.17) is 27.9 Å². The van der Waals surface area contributed by atoms with Crippen molar-refractivity contribution in [1.29, 1.82) is 0 Å². The molecule has 1 saturated heterocycles. The lowest BCUT2D eigenvalue weighted by molar-refractivity contribution is 0.159. The normalized spacial score (nSPS) is 30.4. The van der Waals surface area contributed by atoms with Crippen molar-refractivity contribution >= 4 is 44.6 Å². The molecule has 0 amide bonds. The summed E-state index contributed by atoms with van der Waals surface area (Å²) in [6.07, 6.45) is 0.